The second kappa shape index (κ2) is 61.7. The largest absolute Gasteiger partial charge is 0.489 e. The Morgan fingerprint density at radius 3 is 0.853 bits per heavy atom. The summed E-state index contributed by atoms with van der Waals surface area (Å²) in [6, 6.07) is 12.5. The molecular formula is C98H171N4O7. The molecule has 0 spiro atoms. The minimum Gasteiger partial charge on any atom is -0.489 e. The molecule has 0 bridgehead atoms. The molecule has 4 rings (SSSR count). The summed E-state index contributed by atoms with van der Waals surface area (Å²) in [5.41, 5.74) is 11.9. The van der Waals surface area contributed by atoms with E-state index in [1.807, 2.05) is 24.3 Å². The fourth-order valence-electron chi connectivity index (χ4n) is 15.2. The molecule has 1 heterocycles. The van der Waals surface area contributed by atoms with E-state index in [1.54, 1.807) is 10.0 Å². The van der Waals surface area contributed by atoms with Crippen LogP contribution < -0.4 is 43.9 Å². The molecule has 11 nitrogen and oxygen atoms in total. The summed E-state index contributed by atoms with van der Waals surface area (Å²) in [5.74, 6) is 7.89. The number of hydrazone groups is 1. The highest BCUT2D eigenvalue weighted by Gasteiger charge is 2.36. The summed E-state index contributed by atoms with van der Waals surface area (Å²) in [7, 11) is 0. The summed E-state index contributed by atoms with van der Waals surface area (Å²) in [5, 5.41) is 8.77. The van der Waals surface area contributed by atoms with Crippen molar-refractivity contribution in [1.29, 1.82) is 0 Å². The Bertz CT molecular complexity index is 2650. The van der Waals surface area contributed by atoms with Crippen LogP contribution in [0.4, 0.5) is 16.2 Å². The number of anilines is 2. The van der Waals surface area contributed by atoms with E-state index in [2.05, 4.69) is 116 Å². The van der Waals surface area contributed by atoms with Gasteiger partial charge in [0.1, 0.15) is 0 Å². The molecule has 1 aliphatic heterocycles. The maximum absolute atomic E-state index is 16.6. The first-order valence-electron chi connectivity index (χ1n) is 46.8. The van der Waals surface area contributed by atoms with Crippen molar-refractivity contribution in [2.24, 2.45) is 40.6 Å². The van der Waals surface area contributed by atoms with Gasteiger partial charge in [-0.25, -0.2) is 4.79 Å². The zero-order chi connectivity index (χ0) is 78.9. The van der Waals surface area contributed by atoms with Crippen molar-refractivity contribution in [2.75, 3.05) is 49.7 Å². The lowest BCUT2D eigenvalue weighted by molar-refractivity contribution is 0.233. The van der Waals surface area contributed by atoms with Crippen LogP contribution in [-0.4, -0.2) is 51.5 Å². The van der Waals surface area contributed by atoms with Gasteiger partial charge >= 0.3 is 6.03 Å². The first-order chi connectivity index (χ1) is 53.1. The lowest BCUT2D eigenvalue weighted by atomic mass is 9.84. The molecular weight excluding hydrogens is 1350 g/mol. The molecule has 625 valence electrons. The van der Waals surface area contributed by atoms with Gasteiger partial charge in [0, 0.05) is 29.8 Å². The molecule has 3 aromatic carbocycles. The van der Waals surface area contributed by atoms with Gasteiger partial charge in [0.2, 0.25) is 17.3 Å². The van der Waals surface area contributed by atoms with Gasteiger partial charge in [-0.15, -0.1) is 10.5 Å². The summed E-state index contributed by atoms with van der Waals surface area (Å²) >= 11 is 0. The number of ether oxygens (including phenoxy) is 6. The number of nitrogens with zero attached hydrogens (tertiary/aromatic N) is 4. The SMILES string of the molecule is CCCCCCCCOc1cc(N2[N]C(c3cc(CC[C@@H](C)CCCC(C)C)c(CC[C@@H](C)CCCC(C)C)c(CC[C@@H](C)CCCC(C)C)c3)=NN(c3cc(OCCCCCCCC)c(OCCCCCCCC)c(OCCCCCCCC)c3)C2=O)cc(OCCCCCCCC)c1OCCCCCCCC. The lowest BCUT2D eigenvalue weighted by Gasteiger charge is -2.33. The topological polar surface area (TPSA) is 105 Å². The van der Waals surface area contributed by atoms with Crippen molar-refractivity contribution in [1.82, 2.24) is 5.43 Å². The van der Waals surface area contributed by atoms with Gasteiger partial charge in [-0.05, 0) is 141 Å². The number of urea groups is 1. The Balaban J connectivity index is 2.16. The molecule has 0 aliphatic carbocycles. The van der Waals surface area contributed by atoms with Crippen LogP contribution in [0.1, 0.15) is 434 Å². The molecule has 1 radical (unpaired) electrons. The number of hydrogen-bond donors (Lipinski definition) is 0. The second-order valence-electron chi connectivity index (χ2n) is 34.8. The molecule has 0 saturated carbocycles. The number of hydrogen-bond acceptors (Lipinski definition) is 8. The van der Waals surface area contributed by atoms with Crippen molar-refractivity contribution in [2.45, 2.75) is 431 Å². The predicted molar refractivity (Wildman–Crippen MR) is 470 cm³/mol. The monoisotopic (exact) mass is 1520 g/mol. The van der Waals surface area contributed by atoms with Crippen molar-refractivity contribution in [3.05, 3.63) is 58.7 Å². The van der Waals surface area contributed by atoms with E-state index in [0.717, 1.165) is 121 Å². The van der Waals surface area contributed by atoms with E-state index >= 15 is 4.79 Å². The van der Waals surface area contributed by atoms with Crippen molar-refractivity contribution >= 4 is 23.2 Å². The van der Waals surface area contributed by atoms with Crippen molar-refractivity contribution in [3.8, 4) is 34.5 Å². The second-order valence-corrected chi connectivity index (χ2v) is 34.8. The minimum absolute atomic E-state index is 0.424. The third-order valence-electron chi connectivity index (χ3n) is 22.6. The molecule has 0 fully saturated rings. The smallest absolute Gasteiger partial charge is 0.370 e. The summed E-state index contributed by atoms with van der Waals surface area (Å²) in [6.07, 6.45) is 58.8. The maximum atomic E-state index is 16.6. The molecule has 0 aromatic heterocycles. The van der Waals surface area contributed by atoms with Crippen molar-refractivity contribution in [3.63, 3.8) is 0 Å². The highest BCUT2D eigenvalue weighted by Crippen LogP contribution is 2.46. The van der Waals surface area contributed by atoms with Crippen LogP contribution in [-0.2, 0) is 19.3 Å². The van der Waals surface area contributed by atoms with Gasteiger partial charge in [0.05, 0.1) is 51.0 Å². The first-order valence-corrected chi connectivity index (χ1v) is 46.8. The summed E-state index contributed by atoms with van der Waals surface area (Å²) in [6.45, 7) is 38.4. The molecule has 3 atom stereocenters. The van der Waals surface area contributed by atoms with Crippen LogP contribution >= 0.6 is 0 Å². The van der Waals surface area contributed by atoms with E-state index in [9.17, 15) is 0 Å². The average molecular weight is 1520 g/mol. The Hall–Kier alpha value is -4.80. The average Bonchev–Trinajstić information content (AvgIpc) is 0.759. The minimum atomic E-state index is -0.424. The quantitative estimate of drug-likeness (QED) is 0.0518. The molecule has 1 aliphatic rings. The third-order valence-corrected chi connectivity index (χ3v) is 22.6. The molecule has 2 amide bonds. The van der Waals surface area contributed by atoms with E-state index in [0.29, 0.717) is 127 Å². The normalized spacial score (nSPS) is 13.4. The van der Waals surface area contributed by atoms with Crippen LogP contribution in [0.3, 0.4) is 0 Å². The number of benzene rings is 3. The predicted octanol–water partition coefficient (Wildman–Crippen LogP) is 30.6. The van der Waals surface area contributed by atoms with Crippen molar-refractivity contribution < 1.29 is 33.2 Å². The molecule has 3 aromatic rings. The van der Waals surface area contributed by atoms with Gasteiger partial charge in [-0.2, -0.15) is 10.0 Å². The Labute approximate surface area is 672 Å². The van der Waals surface area contributed by atoms with Crippen LogP contribution in [0.25, 0.3) is 0 Å². The van der Waals surface area contributed by atoms with Gasteiger partial charge in [-0.1, -0.05) is 354 Å². The van der Waals surface area contributed by atoms with E-state index in [1.165, 1.54) is 229 Å². The number of unbranched alkanes of at least 4 members (excludes halogenated alkanes) is 30. The molecule has 109 heavy (non-hydrogen) atoms. The lowest BCUT2D eigenvalue weighted by Crippen LogP contribution is -2.52. The zero-order valence-electron chi connectivity index (χ0n) is 73.9. The first kappa shape index (κ1) is 96.6. The Kier molecular flexibility index (Phi) is 54.6. The number of rotatable bonds is 72. The van der Waals surface area contributed by atoms with Crippen LogP contribution in [0, 0.1) is 35.5 Å². The number of amidine groups is 1. The van der Waals surface area contributed by atoms with Gasteiger partial charge < -0.3 is 28.4 Å². The number of aryl methyl sites for hydroxylation is 2. The van der Waals surface area contributed by atoms with Gasteiger partial charge in [-0.3, -0.25) is 0 Å². The number of carbonyl (C=O) groups excluding carboxylic acids is 1. The summed E-state index contributed by atoms with van der Waals surface area (Å²) < 4.78 is 42.0. The number of amides is 2. The number of carbonyl (C=O) groups is 1. The van der Waals surface area contributed by atoms with E-state index in [-0.39, 0.29) is 0 Å². The standard InChI is InChI=1S/C98H171N4O7/c1-16-22-28-34-40-46-67-104-91-75-88(76-92(105-68-47-41-35-29-23-17-2)95(91)108-71-50-44-38-32-26-20-5)101-98(103)102(89-77-93(106-69-48-42-36-30-24-18-3)96(109-72-51-45-39-33-27-21-6)94(78-89)107-70-49-43-37-31-25-19-4)100-97(99-101)87-73-85(64-61-82(13)58-52-55-79(7)8)90(66-63-84(15)60-54-57-81(11)12)86(74-87)65-62-83(14)59-53-56-80(9)10/h73-84H,16-72H2,1-15H3/t82-,83-,84-/m0/s1. The highest BCUT2D eigenvalue weighted by molar-refractivity contribution is 6.13. The molecule has 11 heteroatoms. The summed E-state index contributed by atoms with van der Waals surface area (Å²) in [4.78, 5) is 16.6. The molecule has 0 saturated heterocycles. The Morgan fingerprint density at radius 2 is 0.560 bits per heavy atom. The van der Waals surface area contributed by atoms with Crippen LogP contribution in [0.15, 0.2) is 41.5 Å². The zero-order valence-corrected chi connectivity index (χ0v) is 73.9. The Morgan fingerprint density at radius 1 is 0.294 bits per heavy atom. The fraction of sp³-hybridized carbons (Fsp3) is 0.796. The fourth-order valence-corrected chi connectivity index (χ4v) is 15.2. The highest BCUT2D eigenvalue weighted by atomic mass is 16.5. The van der Waals surface area contributed by atoms with Crippen LogP contribution in [0.5, 0.6) is 34.5 Å². The molecule has 0 unspecified atom stereocenters. The molecule has 0 N–H and O–H groups in total. The van der Waals surface area contributed by atoms with Gasteiger partial charge in [0.15, 0.2) is 23.0 Å². The third kappa shape index (κ3) is 42.2. The van der Waals surface area contributed by atoms with E-state index in [4.69, 9.17) is 38.9 Å². The van der Waals surface area contributed by atoms with E-state index < -0.39 is 6.03 Å². The van der Waals surface area contributed by atoms with Crippen LogP contribution in [0.2, 0.25) is 0 Å². The van der Waals surface area contributed by atoms with Gasteiger partial charge in [0.25, 0.3) is 0 Å². The maximum Gasteiger partial charge on any atom is 0.370 e.